The van der Waals surface area contributed by atoms with Gasteiger partial charge in [0.25, 0.3) is 0 Å². The van der Waals surface area contributed by atoms with Crippen molar-refractivity contribution in [3.8, 4) is 0 Å². The summed E-state index contributed by atoms with van der Waals surface area (Å²) in [6.07, 6.45) is 39.0. The summed E-state index contributed by atoms with van der Waals surface area (Å²) in [5.41, 5.74) is 22.5. The van der Waals surface area contributed by atoms with Gasteiger partial charge in [-0.3, -0.25) is 0 Å². The number of hydrogen-bond donors (Lipinski definition) is 2. The van der Waals surface area contributed by atoms with Gasteiger partial charge < -0.3 is 11.5 Å². The topological polar surface area (TPSA) is 52.0 Å². The Labute approximate surface area is 363 Å². The molecule has 0 amide bonds. The van der Waals surface area contributed by atoms with E-state index in [1.165, 1.54) is 220 Å². The second-order valence-electron chi connectivity index (χ2n) is 18.1. The van der Waals surface area contributed by atoms with E-state index in [-0.39, 0.29) is 0 Å². The molecule has 0 aliphatic heterocycles. The van der Waals surface area contributed by atoms with E-state index in [1.54, 1.807) is 0 Å². The fraction of sp³-hybridized carbons (Fsp3) is 0.579. The molecule has 0 fully saturated rings. The van der Waals surface area contributed by atoms with E-state index in [9.17, 15) is 0 Å². The fourth-order valence-corrected chi connectivity index (χ4v) is 9.20. The number of rotatable bonds is 34. The molecule has 59 heavy (non-hydrogen) atoms. The molecule has 4 aromatic carbocycles. The molecule has 2 nitrogen and oxygen atoms in total. The Morgan fingerprint density at radius 2 is 0.525 bits per heavy atom. The average Bonchev–Trinajstić information content (AvgIpc) is 3.26. The SMILES string of the molecule is CCCCCCCCC(c1ccc(N)cc1)c1ccc(CCCCCCCCCCCCCCCc2ccc(C(CCCCCCCC)c3ccc(N)cc3)cc2)cc1. The molecular weight excluding hydrogens is 713 g/mol. The molecule has 0 aliphatic carbocycles. The van der Waals surface area contributed by atoms with Gasteiger partial charge in [-0.15, -0.1) is 0 Å². The van der Waals surface area contributed by atoms with Crippen LogP contribution in [0.1, 0.15) is 232 Å². The quantitative estimate of drug-likeness (QED) is 0.0365. The zero-order valence-electron chi connectivity index (χ0n) is 38.1. The predicted molar refractivity (Wildman–Crippen MR) is 262 cm³/mol. The zero-order chi connectivity index (χ0) is 41.6. The molecule has 0 saturated heterocycles. The Balaban J connectivity index is 1.00. The molecule has 2 heteroatoms. The van der Waals surface area contributed by atoms with Gasteiger partial charge in [-0.1, -0.05) is 234 Å². The first kappa shape index (κ1) is 48.1. The lowest BCUT2D eigenvalue weighted by Crippen LogP contribution is -2.02. The van der Waals surface area contributed by atoms with Gasteiger partial charge in [0.15, 0.2) is 0 Å². The summed E-state index contributed by atoms with van der Waals surface area (Å²) in [5, 5.41) is 0. The van der Waals surface area contributed by atoms with Gasteiger partial charge in [-0.05, 0) is 96.2 Å². The van der Waals surface area contributed by atoms with Crippen LogP contribution >= 0.6 is 0 Å². The number of anilines is 2. The molecule has 0 heterocycles. The summed E-state index contributed by atoms with van der Waals surface area (Å²) < 4.78 is 0. The number of aryl methyl sites for hydroxylation is 2. The molecule has 0 spiro atoms. The van der Waals surface area contributed by atoms with E-state index in [0.717, 1.165) is 11.4 Å². The Hall–Kier alpha value is -3.52. The lowest BCUT2D eigenvalue weighted by atomic mass is 9.86. The Bertz CT molecular complexity index is 1450. The monoisotopic (exact) mass is 799 g/mol. The molecular formula is C57H86N2. The highest BCUT2D eigenvalue weighted by molar-refractivity contribution is 5.44. The van der Waals surface area contributed by atoms with Crippen molar-refractivity contribution in [2.24, 2.45) is 0 Å². The van der Waals surface area contributed by atoms with Crippen LogP contribution in [0.15, 0.2) is 97.1 Å². The van der Waals surface area contributed by atoms with E-state index in [4.69, 9.17) is 11.5 Å². The highest BCUT2D eigenvalue weighted by Gasteiger charge is 2.16. The molecule has 2 unspecified atom stereocenters. The van der Waals surface area contributed by atoms with Gasteiger partial charge in [-0.2, -0.15) is 0 Å². The molecule has 0 saturated carbocycles. The highest BCUT2D eigenvalue weighted by Crippen LogP contribution is 2.33. The lowest BCUT2D eigenvalue weighted by molar-refractivity contribution is 0.536. The minimum Gasteiger partial charge on any atom is -0.399 e. The van der Waals surface area contributed by atoms with Crippen LogP contribution in [0.5, 0.6) is 0 Å². The van der Waals surface area contributed by atoms with Crippen molar-refractivity contribution in [3.05, 3.63) is 130 Å². The van der Waals surface area contributed by atoms with Gasteiger partial charge in [-0.25, -0.2) is 0 Å². The molecule has 0 radical (unpaired) electrons. The van der Waals surface area contributed by atoms with E-state index in [1.807, 2.05) is 0 Å². The average molecular weight is 799 g/mol. The van der Waals surface area contributed by atoms with Crippen molar-refractivity contribution in [2.45, 2.75) is 212 Å². The standard InChI is InChI=1S/C57H86N2/c1-3-5-7-9-22-26-30-56(52-40-44-54(58)45-41-52)50-36-32-48(33-37-50)28-24-20-18-16-14-12-11-13-15-17-19-21-25-29-49-34-38-51(39-35-49)57(31-27-23-10-8-6-4-2)53-42-46-55(59)47-43-53/h32-47,56-57H,3-31,58-59H2,1-2H3. The van der Waals surface area contributed by atoms with E-state index < -0.39 is 0 Å². The highest BCUT2D eigenvalue weighted by atomic mass is 14.5. The van der Waals surface area contributed by atoms with Crippen LogP contribution in [-0.2, 0) is 12.8 Å². The molecule has 0 bridgehead atoms. The van der Waals surface area contributed by atoms with Crippen molar-refractivity contribution in [1.29, 1.82) is 0 Å². The second-order valence-corrected chi connectivity index (χ2v) is 18.1. The largest absolute Gasteiger partial charge is 0.399 e. The number of benzene rings is 4. The third-order valence-electron chi connectivity index (χ3n) is 13.1. The maximum absolute atomic E-state index is 6.03. The molecule has 0 aromatic heterocycles. The van der Waals surface area contributed by atoms with Crippen LogP contribution < -0.4 is 11.5 Å². The van der Waals surface area contributed by atoms with Crippen LogP contribution in [0.4, 0.5) is 11.4 Å². The normalized spacial score (nSPS) is 12.5. The number of nitrogen functional groups attached to an aromatic ring is 2. The van der Waals surface area contributed by atoms with Crippen LogP contribution in [0, 0.1) is 0 Å². The fourth-order valence-electron chi connectivity index (χ4n) is 9.20. The number of nitrogens with two attached hydrogens (primary N) is 2. The molecule has 324 valence electrons. The van der Waals surface area contributed by atoms with E-state index >= 15 is 0 Å². The van der Waals surface area contributed by atoms with Crippen molar-refractivity contribution < 1.29 is 0 Å². The lowest BCUT2D eigenvalue weighted by Gasteiger charge is -2.19. The maximum atomic E-state index is 6.03. The first-order valence-electron chi connectivity index (χ1n) is 25.0. The third kappa shape index (κ3) is 20.1. The maximum Gasteiger partial charge on any atom is 0.0314 e. The van der Waals surface area contributed by atoms with Crippen molar-refractivity contribution in [1.82, 2.24) is 0 Å². The van der Waals surface area contributed by atoms with Crippen molar-refractivity contribution >= 4 is 11.4 Å². The van der Waals surface area contributed by atoms with Crippen LogP contribution in [0.25, 0.3) is 0 Å². The molecule has 2 atom stereocenters. The molecule has 4 N–H and O–H groups in total. The smallest absolute Gasteiger partial charge is 0.0314 e. The van der Waals surface area contributed by atoms with Crippen molar-refractivity contribution in [3.63, 3.8) is 0 Å². The minimum absolute atomic E-state index is 0.469. The Morgan fingerprint density at radius 3 is 0.814 bits per heavy atom. The summed E-state index contributed by atoms with van der Waals surface area (Å²) in [4.78, 5) is 0. The van der Waals surface area contributed by atoms with Gasteiger partial charge >= 0.3 is 0 Å². The third-order valence-corrected chi connectivity index (χ3v) is 13.1. The summed E-state index contributed by atoms with van der Waals surface area (Å²) in [5.74, 6) is 0.937. The first-order chi connectivity index (χ1) is 29.1. The Kier molecular flexibility index (Phi) is 24.9. The van der Waals surface area contributed by atoms with Crippen LogP contribution in [0.2, 0.25) is 0 Å². The molecule has 4 aromatic rings. The van der Waals surface area contributed by atoms with Crippen LogP contribution in [0.3, 0.4) is 0 Å². The van der Waals surface area contributed by atoms with Crippen LogP contribution in [-0.4, -0.2) is 0 Å². The zero-order valence-corrected chi connectivity index (χ0v) is 38.1. The van der Waals surface area contributed by atoms with Gasteiger partial charge in [0.2, 0.25) is 0 Å². The van der Waals surface area contributed by atoms with E-state index in [0.29, 0.717) is 11.8 Å². The minimum atomic E-state index is 0.469. The first-order valence-corrected chi connectivity index (χ1v) is 25.0. The summed E-state index contributed by atoms with van der Waals surface area (Å²) in [7, 11) is 0. The number of unbranched alkanes of at least 4 members (excludes halogenated alkanes) is 22. The summed E-state index contributed by atoms with van der Waals surface area (Å²) in [6.45, 7) is 4.59. The summed E-state index contributed by atoms with van der Waals surface area (Å²) >= 11 is 0. The van der Waals surface area contributed by atoms with Gasteiger partial charge in [0.05, 0.1) is 0 Å². The van der Waals surface area contributed by atoms with Gasteiger partial charge in [0, 0.05) is 23.2 Å². The molecule has 4 rings (SSSR count). The van der Waals surface area contributed by atoms with Gasteiger partial charge in [0.1, 0.15) is 0 Å². The van der Waals surface area contributed by atoms with Crippen molar-refractivity contribution in [2.75, 3.05) is 11.5 Å². The summed E-state index contributed by atoms with van der Waals surface area (Å²) in [6, 6.07) is 36.5. The predicted octanol–water partition coefficient (Wildman–Crippen LogP) is 17.5. The van der Waals surface area contributed by atoms with E-state index in [2.05, 4.69) is 111 Å². The Morgan fingerprint density at radius 1 is 0.288 bits per heavy atom. The second kappa shape index (κ2) is 30.5. The number of hydrogen-bond acceptors (Lipinski definition) is 2. The molecule has 0 aliphatic rings.